The van der Waals surface area contributed by atoms with Crippen LogP contribution in [0, 0.1) is 6.92 Å². The molecule has 3 aromatic rings. The maximum Gasteiger partial charge on any atom is 0.0841 e. The highest BCUT2D eigenvalue weighted by Gasteiger charge is 2.08. The second kappa shape index (κ2) is 6.06. The van der Waals surface area contributed by atoms with Gasteiger partial charge in [-0.3, -0.25) is 9.67 Å². The Morgan fingerprint density at radius 1 is 1.05 bits per heavy atom. The summed E-state index contributed by atoms with van der Waals surface area (Å²) in [5.41, 5.74) is 4.41. The van der Waals surface area contributed by atoms with Gasteiger partial charge in [0.05, 0.1) is 16.9 Å². The highest BCUT2D eigenvalue weighted by molar-refractivity contribution is 5.81. The summed E-state index contributed by atoms with van der Waals surface area (Å²) < 4.78 is 2.05. The van der Waals surface area contributed by atoms with Crippen LogP contribution in [-0.2, 0) is 19.6 Å². The van der Waals surface area contributed by atoms with Gasteiger partial charge in [-0.25, -0.2) is 0 Å². The highest BCUT2D eigenvalue weighted by atomic mass is 15.3. The number of aryl methyl sites for hydroxylation is 2. The largest absolute Gasteiger partial charge is 0.305 e. The van der Waals surface area contributed by atoms with Crippen molar-refractivity contribution in [3.63, 3.8) is 0 Å². The average molecular weight is 280 g/mol. The Bertz CT molecular complexity index is 745. The number of hydrogen-bond acceptors (Lipinski definition) is 3. The van der Waals surface area contributed by atoms with Crippen LogP contribution in [0.25, 0.3) is 10.9 Å². The van der Waals surface area contributed by atoms with E-state index < -0.39 is 0 Å². The number of benzene rings is 1. The lowest BCUT2D eigenvalue weighted by molar-refractivity contribution is 0.626. The molecule has 0 amide bonds. The van der Waals surface area contributed by atoms with E-state index >= 15 is 0 Å². The molecule has 0 unspecified atom stereocenters. The van der Waals surface area contributed by atoms with Crippen molar-refractivity contribution in [2.45, 2.75) is 33.5 Å². The van der Waals surface area contributed by atoms with Gasteiger partial charge in [-0.05, 0) is 32.0 Å². The van der Waals surface area contributed by atoms with Crippen LogP contribution in [0.15, 0.2) is 42.5 Å². The van der Waals surface area contributed by atoms with Gasteiger partial charge in [0.1, 0.15) is 0 Å². The molecule has 0 saturated heterocycles. The molecule has 1 aromatic carbocycles. The van der Waals surface area contributed by atoms with Gasteiger partial charge >= 0.3 is 0 Å². The van der Waals surface area contributed by atoms with E-state index in [4.69, 9.17) is 5.10 Å². The van der Waals surface area contributed by atoms with Crippen LogP contribution in [0.1, 0.15) is 24.0 Å². The molecular weight excluding hydrogens is 260 g/mol. The topological polar surface area (TPSA) is 42.7 Å². The van der Waals surface area contributed by atoms with Crippen LogP contribution < -0.4 is 5.32 Å². The third kappa shape index (κ3) is 2.95. The molecule has 1 N–H and O–H groups in total. The Labute approximate surface area is 124 Å². The third-order valence-electron chi connectivity index (χ3n) is 3.58. The maximum atomic E-state index is 4.69. The average Bonchev–Trinajstić information content (AvgIpc) is 2.86. The van der Waals surface area contributed by atoms with Crippen molar-refractivity contribution in [3.05, 3.63) is 59.5 Å². The van der Waals surface area contributed by atoms with Crippen LogP contribution in [0.3, 0.4) is 0 Å². The van der Waals surface area contributed by atoms with Crippen LogP contribution in [-0.4, -0.2) is 14.8 Å². The molecule has 0 saturated carbocycles. The van der Waals surface area contributed by atoms with E-state index in [9.17, 15) is 0 Å². The molecule has 108 valence electrons. The number of hydrogen-bond donors (Lipinski definition) is 1. The minimum absolute atomic E-state index is 0.753. The first-order valence-electron chi connectivity index (χ1n) is 7.35. The molecule has 0 aliphatic rings. The monoisotopic (exact) mass is 280 g/mol. The minimum Gasteiger partial charge on any atom is -0.305 e. The summed E-state index contributed by atoms with van der Waals surface area (Å²) in [7, 11) is 0. The Morgan fingerprint density at radius 2 is 1.90 bits per heavy atom. The van der Waals surface area contributed by atoms with Gasteiger partial charge in [0.25, 0.3) is 0 Å². The first-order valence-corrected chi connectivity index (χ1v) is 7.35. The van der Waals surface area contributed by atoms with Gasteiger partial charge in [-0.2, -0.15) is 5.10 Å². The van der Waals surface area contributed by atoms with Crippen molar-refractivity contribution in [1.29, 1.82) is 0 Å². The van der Waals surface area contributed by atoms with Crippen molar-refractivity contribution in [2.24, 2.45) is 0 Å². The van der Waals surface area contributed by atoms with E-state index in [1.165, 1.54) is 10.9 Å². The highest BCUT2D eigenvalue weighted by Crippen LogP contribution is 2.18. The SMILES string of the molecule is CCn1nc(CNCc2cccc(C)n2)c2ccccc21. The number of para-hydroxylation sites is 1. The molecule has 4 nitrogen and oxygen atoms in total. The van der Waals surface area contributed by atoms with Gasteiger partial charge in [0.2, 0.25) is 0 Å². The predicted octanol–water partition coefficient (Wildman–Crippen LogP) is 3.05. The summed E-state index contributed by atoms with van der Waals surface area (Å²) in [4.78, 5) is 4.50. The number of nitrogens with zero attached hydrogens (tertiary/aromatic N) is 3. The molecule has 0 aliphatic heterocycles. The predicted molar refractivity (Wildman–Crippen MR) is 84.9 cm³/mol. The van der Waals surface area contributed by atoms with Gasteiger partial charge in [0.15, 0.2) is 0 Å². The standard InChI is InChI=1S/C17H20N4/c1-3-21-17-10-5-4-9-15(17)16(20-21)12-18-11-14-8-6-7-13(2)19-14/h4-10,18H,3,11-12H2,1-2H3. The smallest absolute Gasteiger partial charge is 0.0841 e. The first-order chi connectivity index (χ1) is 10.3. The van der Waals surface area contributed by atoms with Crippen LogP contribution in [0.2, 0.25) is 0 Å². The molecule has 0 radical (unpaired) electrons. The minimum atomic E-state index is 0.753. The van der Waals surface area contributed by atoms with Crippen molar-refractivity contribution in [2.75, 3.05) is 0 Å². The second-order valence-corrected chi connectivity index (χ2v) is 5.15. The second-order valence-electron chi connectivity index (χ2n) is 5.15. The fourth-order valence-electron chi connectivity index (χ4n) is 2.57. The zero-order valence-corrected chi connectivity index (χ0v) is 12.5. The number of rotatable bonds is 5. The summed E-state index contributed by atoms with van der Waals surface area (Å²) in [5.74, 6) is 0. The van der Waals surface area contributed by atoms with Gasteiger partial charge in [-0.1, -0.05) is 24.3 Å². The van der Waals surface area contributed by atoms with Crippen molar-refractivity contribution < 1.29 is 0 Å². The lowest BCUT2D eigenvalue weighted by Gasteiger charge is -2.03. The normalized spacial score (nSPS) is 11.1. The van der Waals surface area contributed by atoms with Gasteiger partial charge in [0, 0.05) is 30.7 Å². The fourth-order valence-corrected chi connectivity index (χ4v) is 2.57. The van der Waals surface area contributed by atoms with Crippen molar-refractivity contribution in [3.8, 4) is 0 Å². The maximum absolute atomic E-state index is 4.69. The molecule has 21 heavy (non-hydrogen) atoms. The number of pyridine rings is 1. The molecule has 0 aliphatic carbocycles. The van der Waals surface area contributed by atoms with E-state index in [1.54, 1.807) is 0 Å². The van der Waals surface area contributed by atoms with Crippen LogP contribution in [0.5, 0.6) is 0 Å². The van der Waals surface area contributed by atoms with E-state index in [0.29, 0.717) is 0 Å². The zero-order chi connectivity index (χ0) is 14.7. The van der Waals surface area contributed by atoms with Gasteiger partial charge < -0.3 is 5.32 Å². The zero-order valence-electron chi connectivity index (χ0n) is 12.5. The Hall–Kier alpha value is -2.20. The summed E-state index contributed by atoms with van der Waals surface area (Å²) in [6, 6.07) is 14.5. The summed E-state index contributed by atoms with van der Waals surface area (Å²) in [6.07, 6.45) is 0. The lowest BCUT2D eigenvalue weighted by Crippen LogP contribution is -2.14. The molecule has 0 atom stereocenters. The fraction of sp³-hybridized carbons (Fsp3) is 0.294. The Balaban J connectivity index is 1.73. The summed E-state index contributed by atoms with van der Waals surface area (Å²) in [5, 5.41) is 9.35. The molecule has 0 spiro atoms. The third-order valence-corrected chi connectivity index (χ3v) is 3.58. The Morgan fingerprint density at radius 3 is 2.71 bits per heavy atom. The molecule has 0 fully saturated rings. The van der Waals surface area contributed by atoms with Crippen LogP contribution >= 0.6 is 0 Å². The van der Waals surface area contributed by atoms with E-state index in [2.05, 4.69) is 46.2 Å². The van der Waals surface area contributed by atoms with Crippen LogP contribution in [0.4, 0.5) is 0 Å². The number of fused-ring (bicyclic) bond motifs is 1. The molecule has 2 heterocycles. The number of aromatic nitrogens is 3. The van der Waals surface area contributed by atoms with E-state index in [-0.39, 0.29) is 0 Å². The van der Waals surface area contributed by atoms with E-state index in [0.717, 1.165) is 36.7 Å². The van der Waals surface area contributed by atoms with Crippen molar-refractivity contribution in [1.82, 2.24) is 20.1 Å². The van der Waals surface area contributed by atoms with Gasteiger partial charge in [-0.15, -0.1) is 0 Å². The molecule has 3 rings (SSSR count). The first kappa shape index (κ1) is 13.8. The summed E-state index contributed by atoms with van der Waals surface area (Å²) in [6.45, 7) is 6.53. The summed E-state index contributed by atoms with van der Waals surface area (Å²) >= 11 is 0. The number of nitrogens with one attached hydrogen (secondary N) is 1. The molecule has 0 bridgehead atoms. The lowest BCUT2D eigenvalue weighted by atomic mass is 10.2. The van der Waals surface area contributed by atoms with E-state index in [1.807, 2.05) is 25.1 Å². The molecule has 4 heteroatoms. The Kier molecular flexibility index (Phi) is 3.97. The molecule has 2 aromatic heterocycles. The molecular formula is C17H20N4. The van der Waals surface area contributed by atoms with Crippen molar-refractivity contribution >= 4 is 10.9 Å². The quantitative estimate of drug-likeness (QED) is 0.781.